The number of hydrogen-bond donors (Lipinski definition) is 1. The van der Waals surface area contributed by atoms with Crippen molar-refractivity contribution in [3.63, 3.8) is 0 Å². The van der Waals surface area contributed by atoms with E-state index >= 15 is 0 Å². The summed E-state index contributed by atoms with van der Waals surface area (Å²) in [5, 5.41) is 14.7. The van der Waals surface area contributed by atoms with Crippen molar-refractivity contribution in [3.05, 3.63) is 88.2 Å². The fourth-order valence-electron chi connectivity index (χ4n) is 3.38. The Morgan fingerprint density at radius 2 is 1.91 bits per heavy atom. The fourth-order valence-corrected chi connectivity index (χ4v) is 4.02. The van der Waals surface area contributed by atoms with E-state index in [1.54, 1.807) is 24.5 Å². The Hall–Kier alpha value is -2.49. The molecule has 0 saturated carbocycles. The number of carbonyl (C=O) groups excluding carboxylic acids is 2. The maximum Gasteiger partial charge on any atom is 1.00 e. The number of carboxylic acid groups (broad SMARTS) is 1. The molecule has 1 N–H and O–H groups in total. The molecule has 0 aliphatic heterocycles. The number of carbonyl (C=O) groups is 2. The van der Waals surface area contributed by atoms with E-state index in [1.165, 1.54) is 11.8 Å². The number of thioether (sulfide) groups is 1. The van der Waals surface area contributed by atoms with Crippen LogP contribution in [-0.2, 0) is 4.79 Å². The molecule has 0 fully saturated rings. The molecule has 0 aliphatic carbocycles. The Balaban J connectivity index is 0.00000408. The second kappa shape index (κ2) is 13.4. The van der Waals surface area contributed by atoms with Crippen LogP contribution >= 0.6 is 23.4 Å². The minimum atomic E-state index is -1.29. The second-order valence-corrected chi connectivity index (χ2v) is 8.87. The summed E-state index contributed by atoms with van der Waals surface area (Å²) in [7, 11) is 0. The first-order valence-corrected chi connectivity index (χ1v) is 12.2. The molecule has 0 spiro atoms. The van der Waals surface area contributed by atoms with Crippen LogP contribution in [0.25, 0.3) is 23.3 Å². The number of carboxylic acids is 1. The van der Waals surface area contributed by atoms with E-state index in [9.17, 15) is 14.7 Å². The molecule has 0 unspecified atom stereocenters. The Kier molecular flexibility index (Phi) is 10.9. The molecule has 3 rings (SSSR count). The molecule has 1 aromatic heterocycles. The molecule has 1 amide bonds. The van der Waals surface area contributed by atoms with E-state index in [1.807, 2.05) is 61.7 Å². The zero-order chi connectivity index (χ0) is 23.8. The van der Waals surface area contributed by atoms with Crippen molar-refractivity contribution >= 4 is 47.4 Å². The van der Waals surface area contributed by atoms with E-state index in [0.29, 0.717) is 28.3 Å². The van der Waals surface area contributed by atoms with Gasteiger partial charge in [-0.2, -0.15) is 11.8 Å². The molecule has 170 valence electrons. The number of amides is 1. The molecule has 0 saturated heterocycles. The van der Waals surface area contributed by atoms with Gasteiger partial charge in [0.1, 0.15) is 0 Å². The number of nitrogens with zero attached hydrogens (tertiary/aromatic N) is 1. The van der Waals surface area contributed by atoms with Crippen LogP contribution < -0.4 is 29.3 Å². The average molecular weight is 487 g/mol. The van der Waals surface area contributed by atoms with E-state index in [2.05, 4.69) is 10.3 Å². The Morgan fingerprint density at radius 1 is 1.15 bits per heavy atom. The predicted octanol–water partition coefficient (Wildman–Crippen LogP) is 1.49. The standard InChI is InChI=1S/C26H25ClN2O3S.Li/c1-17-5-3-4-6-20(17)22-15-18(7-9-19-16-28-13-11-23(19)27)8-10-21(22)25(30)29-24(26(31)32)12-14-33-2;/h3-11,13,15-16,24H,12,14H2,1-2H3,(H,29,30)(H,31,32);/q;+1/p-1/b9-7+;/t24-;/m0./s1. The van der Waals surface area contributed by atoms with Crippen molar-refractivity contribution in [3.8, 4) is 11.1 Å². The third-order valence-corrected chi connectivity index (χ3v) is 6.16. The van der Waals surface area contributed by atoms with Gasteiger partial charge in [0.25, 0.3) is 5.91 Å². The first kappa shape index (κ1) is 27.7. The topological polar surface area (TPSA) is 82.1 Å². The zero-order valence-corrected chi connectivity index (χ0v) is 21.0. The van der Waals surface area contributed by atoms with Gasteiger partial charge in [0.05, 0.1) is 17.0 Å². The minimum Gasteiger partial charge on any atom is -0.548 e. The van der Waals surface area contributed by atoms with Gasteiger partial charge >= 0.3 is 18.9 Å². The maximum absolute atomic E-state index is 13.1. The number of aliphatic carboxylic acids is 1. The van der Waals surface area contributed by atoms with Gasteiger partial charge in [0.15, 0.2) is 0 Å². The number of nitrogens with one attached hydrogen (secondary N) is 1. The summed E-state index contributed by atoms with van der Waals surface area (Å²) in [5.74, 6) is -1.14. The number of pyridine rings is 1. The maximum atomic E-state index is 13.1. The van der Waals surface area contributed by atoms with Gasteiger partial charge in [-0.1, -0.05) is 54.1 Å². The van der Waals surface area contributed by atoms with Crippen molar-refractivity contribution in [2.24, 2.45) is 0 Å². The van der Waals surface area contributed by atoms with Gasteiger partial charge < -0.3 is 15.2 Å². The van der Waals surface area contributed by atoms with Crippen LogP contribution in [0, 0.1) is 6.92 Å². The number of aryl methyl sites for hydroxylation is 1. The number of halogens is 1. The van der Waals surface area contributed by atoms with Gasteiger partial charge in [0, 0.05) is 23.5 Å². The molecule has 0 bridgehead atoms. The summed E-state index contributed by atoms with van der Waals surface area (Å²) >= 11 is 7.73. The van der Waals surface area contributed by atoms with Crippen LogP contribution in [0.3, 0.4) is 0 Å². The first-order valence-electron chi connectivity index (χ1n) is 10.4. The Labute approximate surface area is 221 Å². The summed E-state index contributed by atoms with van der Waals surface area (Å²) in [5.41, 5.74) is 4.66. The van der Waals surface area contributed by atoms with Crippen molar-refractivity contribution in [2.75, 3.05) is 12.0 Å². The van der Waals surface area contributed by atoms with Crippen molar-refractivity contribution in [1.29, 1.82) is 0 Å². The number of hydrogen-bond acceptors (Lipinski definition) is 5. The minimum absolute atomic E-state index is 0. The molecule has 2 aromatic carbocycles. The fraction of sp³-hybridized carbons (Fsp3) is 0.192. The summed E-state index contributed by atoms with van der Waals surface area (Å²) in [6.45, 7) is 1.97. The number of aromatic nitrogens is 1. The average Bonchev–Trinajstić information content (AvgIpc) is 2.81. The molecule has 0 radical (unpaired) electrons. The molecule has 3 aromatic rings. The van der Waals surface area contributed by atoms with Gasteiger partial charge in [-0.15, -0.1) is 0 Å². The Bertz CT molecular complexity index is 1190. The first-order chi connectivity index (χ1) is 15.9. The largest absolute Gasteiger partial charge is 1.00 e. The SMILES string of the molecule is CSCC[C@H](NC(=O)c1ccc(/C=C/c2cnccc2Cl)cc1-c1ccccc1C)C(=O)[O-].[Li+]. The third-order valence-electron chi connectivity index (χ3n) is 5.18. The Morgan fingerprint density at radius 3 is 2.59 bits per heavy atom. The molecule has 8 heteroatoms. The predicted molar refractivity (Wildman–Crippen MR) is 134 cm³/mol. The van der Waals surface area contributed by atoms with Gasteiger partial charge in [-0.25, -0.2) is 0 Å². The molecule has 5 nitrogen and oxygen atoms in total. The van der Waals surface area contributed by atoms with E-state index in [0.717, 1.165) is 22.3 Å². The summed E-state index contributed by atoms with van der Waals surface area (Å²) < 4.78 is 0. The summed E-state index contributed by atoms with van der Waals surface area (Å²) in [6.07, 6.45) is 9.24. The second-order valence-electron chi connectivity index (χ2n) is 7.48. The van der Waals surface area contributed by atoms with Crippen molar-refractivity contribution < 1.29 is 33.6 Å². The van der Waals surface area contributed by atoms with E-state index < -0.39 is 17.9 Å². The third kappa shape index (κ3) is 7.25. The van der Waals surface area contributed by atoms with Crippen LogP contribution in [0.15, 0.2) is 60.9 Å². The monoisotopic (exact) mass is 486 g/mol. The number of rotatable bonds is 9. The molecular formula is C26H24ClLiN2O3S. The molecule has 1 heterocycles. The van der Waals surface area contributed by atoms with E-state index in [4.69, 9.17) is 11.6 Å². The van der Waals surface area contributed by atoms with Gasteiger partial charge in [-0.3, -0.25) is 9.78 Å². The smallest absolute Gasteiger partial charge is 0.548 e. The van der Waals surface area contributed by atoms with Crippen molar-refractivity contribution in [2.45, 2.75) is 19.4 Å². The van der Waals surface area contributed by atoms with Gasteiger partial charge in [-0.05, 0) is 65.8 Å². The molecular weight excluding hydrogens is 463 g/mol. The van der Waals surface area contributed by atoms with Crippen LogP contribution in [0.1, 0.15) is 33.5 Å². The van der Waals surface area contributed by atoms with Gasteiger partial charge in [0.2, 0.25) is 0 Å². The molecule has 0 aliphatic rings. The normalized spacial score (nSPS) is 11.6. The number of benzene rings is 2. The zero-order valence-electron chi connectivity index (χ0n) is 19.4. The summed E-state index contributed by atoms with van der Waals surface area (Å²) in [6, 6.07) is 13.9. The van der Waals surface area contributed by atoms with Crippen LogP contribution in [0.2, 0.25) is 5.02 Å². The molecule has 34 heavy (non-hydrogen) atoms. The van der Waals surface area contributed by atoms with Crippen LogP contribution in [0.4, 0.5) is 0 Å². The van der Waals surface area contributed by atoms with Crippen LogP contribution in [0.5, 0.6) is 0 Å². The molecule has 1 atom stereocenters. The van der Waals surface area contributed by atoms with Crippen LogP contribution in [-0.4, -0.2) is 34.9 Å². The quantitative estimate of drug-likeness (QED) is 0.463. The van der Waals surface area contributed by atoms with E-state index in [-0.39, 0.29) is 18.9 Å². The van der Waals surface area contributed by atoms with Crippen molar-refractivity contribution in [1.82, 2.24) is 10.3 Å². The summed E-state index contributed by atoms with van der Waals surface area (Å²) in [4.78, 5) is 28.7.